The van der Waals surface area contributed by atoms with E-state index >= 15 is 0 Å². The molecule has 1 aromatic carbocycles. The lowest BCUT2D eigenvalue weighted by atomic mass is 9.86. The molecule has 0 radical (unpaired) electrons. The van der Waals surface area contributed by atoms with E-state index in [1.54, 1.807) is 18.2 Å². The van der Waals surface area contributed by atoms with Gasteiger partial charge in [-0.2, -0.15) is 0 Å². The highest BCUT2D eigenvalue weighted by Crippen LogP contribution is 2.26. The fourth-order valence-corrected chi connectivity index (χ4v) is 2.99. The Morgan fingerprint density at radius 2 is 1.85 bits per heavy atom. The summed E-state index contributed by atoms with van der Waals surface area (Å²) in [5, 5.41) is 2.94. The first-order chi connectivity index (χ1) is 12.3. The number of esters is 1. The van der Waals surface area contributed by atoms with Crippen LogP contribution in [-0.4, -0.2) is 37.4 Å². The van der Waals surface area contributed by atoms with Gasteiger partial charge in [0.1, 0.15) is 11.4 Å². The van der Waals surface area contributed by atoms with Gasteiger partial charge in [0.15, 0.2) is 0 Å². The average molecular weight is 363 g/mol. The van der Waals surface area contributed by atoms with Crippen LogP contribution in [-0.2, 0) is 9.47 Å². The van der Waals surface area contributed by atoms with Crippen LogP contribution >= 0.6 is 0 Å². The van der Waals surface area contributed by atoms with Crippen LogP contribution in [0.1, 0.15) is 56.8 Å². The second kappa shape index (κ2) is 8.92. The summed E-state index contributed by atoms with van der Waals surface area (Å²) in [6.45, 7) is 6.17. The molecule has 0 unspecified atom stereocenters. The molecule has 0 aliphatic heterocycles. The molecule has 2 rings (SSSR count). The number of amides is 1. The highest BCUT2D eigenvalue weighted by Gasteiger charge is 2.25. The summed E-state index contributed by atoms with van der Waals surface area (Å²) in [5.74, 6) is 0.736. The highest BCUT2D eigenvalue weighted by molar-refractivity contribution is 5.89. The maximum Gasteiger partial charge on any atom is 0.407 e. The smallest absolute Gasteiger partial charge is 0.407 e. The van der Waals surface area contributed by atoms with Gasteiger partial charge in [0.05, 0.1) is 19.3 Å². The van der Waals surface area contributed by atoms with Crippen molar-refractivity contribution >= 4 is 12.1 Å². The fraction of sp³-hybridized carbons (Fsp3) is 0.600. The summed E-state index contributed by atoms with van der Waals surface area (Å²) in [6.07, 6.45) is 3.44. The summed E-state index contributed by atoms with van der Waals surface area (Å²) >= 11 is 0. The van der Waals surface area contributed by atoms with E-state index in [-0.39, 0.29) is 18.1 Å². The normalized spacial score (nSPS) is 20.2. The van der Waals surface area contributed by atoms with Gasteiger partial charge in [-0.25, -0.2) is 9.59 Å². The third-order valence-electron chi connectivity index (χ3n) is 4.31. The minimum absolute atomic E-state index is 0.156. The first kappa shape index (κ1) is 20.1. The third kappa shape index (κ3) is 6.58. The standard InChI is InChI=1S/C20H29NO5/c1-20(2,3)26-19(23)21-16-10-8-14(9-11-16)13-25-17-7-5-6-15(12-17)18(22)24-4/h5-7,12,14,16H,8-11,13H2,1-4H3,(H,21,23)/t14-,16-. The minimum Gasteiger partial charge on any atom is -0.493 e. The van der Waals surface area contributed by atoms with Crippen molar-refractivity contribution in [3.05, 3.63) is 29.8 Å². The van der Waals surface area contributed by atoms with Gasteiger partial charge >= 0.3 is 12.1 Å². The highest BCUT2D eigenvalue weighted by atomic mass is 16.6. The lowest BCUT2D eigenvalue weighted by Crippen LogP contribution is -2.41. The molecule has 6 nitrogen and oxygen atoms in total. The van der Waals surface area contributed by atoms with Crippen LogP contribution in [0.3, 0.4) is 0 Å². The lowest BCUT2D eigenvalue weighted by Gasteiger charge is -2.30. The molecule has 1 saturated carbocycles. The van der Waals surface area contributed by atoms with Gasteiger partial charge in [-0.3, -0.25) is 0 Å². The number of hydrogen-bond donors (Lipinski definition) is 1. The summed E-state index contributed by atoms with van der Waals surface area (Å²) in [4.78, 5) is 23.4. The summed E-state index contributed by atoms with van der Waals surface area (Å²) < 4.78 is 15.9. The molecule has 0 spiro atoms. The fourth-order valence-electron chi connectivity index (χ4n) is 2.99. The van der Waals surface area contributed by atoms with E-state index in [9.17, 15) is 9.59 Å². The maximum absolute atomic E-state index is 11.8. The molecule has 1 aliphatic carbocycles. The zero-order valence-corrected chi connectivity index (χ0v) is 16.0. The number of alkyl carbamates (subject to hydrolysis) is 1. The Bertz CT molecular complexity index is 615. The average Bonchev–Trinajstić information content (AvgIpc) is 2.59. The van der Waals surface area contributed by atoms with Gasteiger partial charge in [0.2, 0.25) is 0 Å². The molecule has 1 fully saturated rings. The van der Waals surface area contributed by atoms with Gasteiger partial charge in [-0.05, 0) is 70.6 Å². The molecule has 0 atom stereocenters. The van der Waals surface area contributed by atoms with Crippen molar-refractivity contribution in [3.63, 3.8) is 0 Å². The van der Waals surface area contributed by atoms with Crippen molar-refractivity contribution in [1.82, 2.24) is 5.32 Å². The van der Waals surface area contributed by atoms with Crippen molar-refractivity contribution in [2.75, 3.05) is 13.7 Å². The molecule has 1 aromatic rings. The Balaban J connectivity index is 1.74. The molecule has 1 amide bonds. The van der Waals surface area contributed by atoms with Crippen LogP contribution in [0.15, 0.2) is 24.3 Å². The van der Waals surface area contributed by atoms with E-state index < -0.39 is 5.60 Å². The van der Waals surface area contributed by atoms with Crippen molar-refractivity contribution in [1.29, 1.82) is 0 Å². The number of hydrogen-bond acceptors (Lipinski definition) is 5. The summed E-state index contributed by atoms with van der Waals surface area (Å²) in [7, 11) is 1.36. The van der Waals surface area contributed by atoms with Gasteiger partial charge in [0.25, 0.3) is 0 Å². The Kier molecular flexibility index (Phi) is 6.89. The molecule has 6 heteroatoms. The number of benzene rings is 1. The largest absolute Gasteiger partial charge is 0.493 e. The van der Waals surface area contributed by atoms with Crippen LogP contribution in [0.5, 0.6) is 5.75 Å². The monoisotopic (exact) mass is 363 g/mol. The van der Waals surface area contributed by atoms with E-state index in [2.05, 4.69) is 5.32 Å². The van der Waals surface area contributed by atoms with Gasteiger partial charge in [-0.1, -0.05) is 6.07 Å². The first-order valence-electron chi connectivity index (χ1n) is 9.07. The number of carbonyl (C=O) groups is 2. The number of nitrogens with one attached hydrogen (secondary N) is 1. The maximum atomic E-state index is 11.8. The Labute approximate surface area is 155 Å². The van der Waals surface area contributed by atoms with Gasteiger partial charge < -0.3 is 19.5 Å². The molecule has 0 bridgehead atoms. The molecular formula is C20H29NO5. The van der Waals surface area contributed by atoms with Crippen molar-refractivity contribution in [2.24, 2.45) is 5.92 Å². The molecular weight excluding hydrogens is 334 g/mol. The first-order valence-corrected chi connectivity index (χ1v) is 9.07. The van der Waals surface area contributed by atoms with Crippen molar-refractivity contribution in [2.45, 2.75) is 58.1 Å². The van der Waals surface area contributed by atoms with Crippen molar-refractivity contribution in [3.8, 4) is 5.75 Å². The van der Waals surface area contributed by atoms with E-state index in [4.69, 9.17) is 14.2 Å². The summed E-state index contributed by atoms with van der Waals surface area (Å²) in [5.41, 5.74) is 0.00342. The third-order valence-corrected chi connectivity index (χ3v) is 4.31. The number of carbonyl (C=O) groups excluding carboxylic acids is 2. The number of ether oxygens (including phenoxy) is 3. The molecule has 26 heavy (non-hydrogen) atoms. The predicted octanol–water partition coefficient (Wildman–Crippen LogP) is 3.94. The molecule has 144 valence electrons. The van der Waals surface area contributed by atoms with Crippen LogP contribution in [0.4, 0.5) is 4.79 Å². The Morgan fingerprint density at radius 1 is 1.15 bits per heavy atom. The Hall–Kier alpha value is -2.24. The number of rotatable bonds is 5. The molecule has 0 heterocycles. The van der Waals surface area contributed by atoms with Gasteiger partial charge in [0, 0.05) is 6.04 Å². The van der Waals surface area contributed by atoms with E-state index in [1.807, 2.05) is 26.8 Å². The summed E-state index contributed by atoms with van der Waals surface area (Å²) in [6, 6.07) is 7.17. The van der Waals surface area contributed by atoms with Crippen LogP contribution < -0.4 is 10.1 Å². The topological polar surface area (TPSA) is 73.9 Å². The van der Waals surface area contributed by atoms with E-state index in [1.165, 1.54) is 7.11 Å². The lowest BCUT2D eigenvalue weighted by molar-refractivity contribution is 0.0482. The predicted molar refractivity (Wildman–Crippen MR) is 98.4 cm³/mol. The minimum atomic E-state index is -0.478. The van der Waals surface area contributed by atoms with Crippen molar-refractivity contribution < 1.29 is 23.8 Å². The van der Waals surface area contributed by atoms with E-state index in [0.717, 1.165) is 25.7 Å². The van der Waals surface area contributed by atoms with Crippen LogP contribution in [0.25, 0.3) is 0 Å². The van der Waals surface area contributed by atoms with Crippen LogP contribution in [0.2, 0.25) is 0 Å². The zero-order chi connectivity index (χ0) is 19.2. The zero-order valence-electron chi connectivity index (χ0n) is 16.0. The van der Waals surface area contributed by atoms with Gasteiger partial charge in [-0.15, -0.1) is 0 Å². The second-order valence-electron chi connectivity index (χ2n) is 7.69. The Morgan fingerprint density at radius 3 is 2.46 bits per heavy atom. The number of methoxy groups -OCH3 is 1. The van der Waals surface area contributed by atoms with Crippen LogP contribution in [0, 0.1) is 5.92 Å². The molecule has 0 aromatic heterocycles. The SMILES string of the molecule is COC(=O)c1cccc(OC[C@H]2CC[C@H](NC(=O)OC(C)(C)C)CC2)c1. The second-order valence-corrected chi connectivity index (χ2v) is 7.69. The van der Waals surface area contributed by atoms with E-state index in [0.29, 0.717) is 23.8 Å². The molecule has 1 aliphatic rings. The molecule has 1 N–H and O–H groups in total. The quantitative estimate of drug-likeness (QED) is 0.802. The molecule has 0 saturated heterocycles.